The van der Waals surface area contributed by atoms with Gasteiger partial charge in [0.15, 0.2) is 5.82 Å². The van der Waals surface area contributed by atoms with Crippen molar-refractivity contribution in [3.63, 3.8) is 0 Å². The van der Waals surface area contributed by atoms with E-state index >= 15 is 0 Å². The van der Waals surface area contributed by atoms with E-state index in [1.54, 1.807) is 4.90 Å². The Bertz CT molecular complexity index is 595. The topological polar surface area (TPSA) is 91.5 Å². The summed E-state index contributed by atoms with van der Waals surface area (Å²) in [5.41, 5.74) is -0.766. The molecule has 0 bridgehead atoms. The maximum atomic E-state index is 12.4. The van der Waals surface area contributed by atoms with E-state index in [2.05, 4.69) is 15.5 Å². The Balaban J connectivity index is 1.53. The van der Waals surface area contributed by atoms with E-state index in [9.17, 15) is 9.90 Å². The predicted octanol–water partition coefficient (Wildman–Crippen LogP) is 2.20. The lowest BCUT2D eigenvalue weighted by molar-refractivity contribution is -0.0870. The molecule has 1 aromatic heterocycles. The molecule has 2 N–H and O–H groups in total. The molecule has 0 unspecified atom stereocenters. The Morgan fingerprint density at radius 2 is 2.21 bits per heavy atom. The molecule has 2 aliphatic rings. The molecule has 3 rings (SSSR count). The maximum absolute atomic E-state index is 12.4. The number of amides is 2. The molecule has 0 spiro atoms. The lowest BCUT2D eigenvalue weighted by Gasteiger charge is -2.47. The van der Waals surface area contributed by atoms with Gasteiger partial charge in [-0.2, -0.15) is 4.98 Å². The van der Waals surface area contributed by atoms with Crippen molar-refractivity contribution in [3.8, 4) is 0 Å². The van der Waals surface area contributed by atoms with Crippen LogP contribution in [0.15, 0.2) is 4.52 Å². The summed E-state index contributed by atoms with van der Waals surface area (Å²) in [6.45, 7) is 7.48. The molecule has 2 atom stereocenters. The fourth-order valence-electron chi connectivity index (χ4n) is 3.65. The first kappa shape index (κ1) is 17.2. The monoisotopic (exact) mass is 336 g/mol. The number of aromatic nitrogens is 2. The minimum Gasteiger partial charge on any atom is -0.389 e. The number of carbonyl (C=O) groups is 1. The summed E-state index contributed by atoms with van der Waals surface area (Å²) in [7, 11) is 0. The van der Waals surface area contributed by atoms with Crippen molar-refractivity contribution in [1.29, 1.82) is 0 Å². The van der Waals surface area contributed by atoms with Crippen molar-refractivity contribution in [1.82, 2.24) is 20.4 Å². The van der Waals surface area contributed by atoms with Crippen LogP contribution in [-0.2, 0) is 12.0 Å². The molecule has 1 aliphatic carbocycles. The van der Waals surface area contributed by atoms with Crippen molar-refractivity contribution in [3.05, 3.63) is 11.7 Å². The third kappa shape index (κ3) is 3.55. The van der Waals surface area contributed by atoms with E-state index in [1.807, 2.05) is 20.8 Å². The van der Waals surface area contributed by atoms with E-state index in [1.165, 1.54) is 0 Å². The number of likely N-dealkylation sites (tertiary alicyclic amines) is 1. The number of aliphatic hydroxyl groups is 1. The van der Waals surface area contributed by atoms with Gasteiger partial charge in [0.2, 0.25) is 5.89 Å². The number of piperidine rings is 1. The van der Waals surface area contributed by atoms with E-state index in [4.69, 9.17) is 4.52 Å². The van der Waals surface area contributed by atoms with E-state index in [-0.39, 0.29) is 23.9 Å². The maximum Gasteiger partial charge on any atom is 0.317 e. The van der Waals surface area contributed by atoms with Crippen LogP contribution < -0.4 is 5.32 Å². The highest BCUT2D eigenvalue weighted by Gasteiger charge is 2.43. The van der Waals surface area contributed by atoms with Crippen LogP contribution in [0.5, 0.6) is 0 Å². The Hall–Kier alpha value is -1.63. The molecule has 1 saturated carbocycles. The molecule has 2 heterocycles. The SMILES string of the molecule is CC(C)(C)c1nc(CNC(=O)N2CC[C@@]3(O)CCCC[C@@H]3C2)no1. The van der Waals surface area contributed by atoms with Gasteiger partial charge in [0.1, 0.15) is 0 Å². The molecular weight excluding hydrogens is 308 g/mol. The number of nitrogens with zero attached hydrogens (tertiary/aromatic N) is 3. The van der Waals surface area contributed by atoms with Gasteiger partial charge in [-0.05, 0) is 19.3 Å². The third-order valence-electron chi connectivity index (χ3n) is 5.22. The number of nitrogens with one attached hydrogen (secondary N) is 1. The molecule has 7 nitrogen and oxygen atoms in total. The predicted molar refractivity (Wildman–Crippen MR) is 88.3 cm³/mol. The number of fused-ring (bicyclic) bond motifs is 1. The van der Waals surface area contributed by atoms with Crippen molar-refractivity contribution >= 4 is 6.03 Å². The van der Waals surface area contributed by atoms with E-state index in [0.717, 1.165) is 25.7 Å². The van der Waals surface area contributed by atoms with Gasteiger partial charge in [0, 0.05) is 24.4 Å². The molecule has 0 aromatic carbocycles. The fraction of sp³-hybridized carbons (Fsp3) is 0.824. The zero-order valence-electron chi connectivity index (χ0n) is 14.8. The minimum absolute atomic E-state index is 0.121. The zero-order chi connectivity index (χ0) is 17.4. The molecule has 1 aromatic rings. The highest BCUT2D eigenvalue weighted by Crippen LogP contribution is 2.39. The average Bonchev–Trinajstić information content (AvgIpc) is 3.01. The summed E-state index contributed by atoms with van der Waals surface area (Å²) in [4.78, 5) is 18.5. The molecule has 0 radical (unpaired) electrons. The minimum atomic E-state index is -0.565. The number of hydrogen-bond acceptors (Lipinski definition) is 5. The fourth-order valence-corrected chi connectivity index (χ4v) is 3.65. The molecule has 7 heteroatoms. The number of carbonyl (C=O) groups excluding carboxylic acids is 1. The number of hydrogen-bond donors (Lipinski definition) is 2. The van der Waals surface area contributed by atoms with Crippen LogP contribution in [0.3, 0.4) is 0 Å². The van der Waals surface area contributed by atoms with Crippen LogP contribution in [0.2, 0.25) is 0 Å². The Kier molecular flexibility index (Phi) is 4.55. The van der Waals surface area contributed by atoms with Gasteiger partial charge in [-0.25, -0.2) is 4.79 Å². The molecule has 24 heavy (non-hydrogen) atoms. The molecular formula is C17H28N4O3. The van der Waals surface area contributed by atoms with Crippen LogP contribution in [0, 0.1) is 5.92 Å². The van der Waals surface area contributed by atoms with Gasteiger partial charge >= 0.3 is 6.03 Å². The first-order chi connectivity index (χ1) is 11.3. The van der Waals surface area contributed by atoms with E-state index < -0.39 is 5.60 Å². The molecule has 1 saturated heterocycles. The largest absolute Gasteiger partial charge is 0.389 e. The summed E-state index contributed by atoms with van der Waals surface area (Å²) >= 11 is 0. The standard InChI is InChI=1S/C17H28N4O3/c1-16(2,3)14-19-13(20-24-14)10-18-15(22)21-9-8-17(23)7-5-4-6-12(17)11-21/h12,23H,4-11H2,1-3H3,(H,18,22)/t12-,17+/m1/s1. The summed E-state index contributed by atoms with van der Waals surface area (Å²) in [5.74, 6) is 1.25. The van der Waals surface area contributed by atoms with Gasteiger partial charge in [-0.1, -0.05) is 38.8 Å². The third-order valence-corrected chi connectivity index (χ3v) is 5.22. The Labute approximate surface area is 142 Å². The van der Waals surface area contributed by atoms with Crippen LogP contribution in [0.4, 0.5) is 4.79 Å². The van der Waals surface area contributed by atoms with Crippen LogP contribution in [-0.4, -0.2) is 44.9 Å². The Morgan fingerprint density at radius 1 is 1.42 bits per heavy atom. The summed E-state index contributed by atoms with van der Waals surface area (Å²) in [5, 5.41) is 17.5. The van der Waals surface area contributed by atoms with Crippen LogP contribution in [0.25, 0.3) is 0 Å². The second kappa shape index (κ2) is 6.35. The molecule has 2 amide bonds. The molecule has 1 aliphatic heterocycles. The summed E-state index contributed by atoms with van der Waals surface area (Å²) < 4.78 is 5.23. The van der Waals surface area contributed by atoms with Gasteiger partial charge in [0.05, 0.1) is 12.1 Å². The quantitative estimate of drug-likeness (QED) is 0.864. The summed E-state index contributed by atoms with van der Waals surface area (Å²) in [6, 6.07) is -0.121. The molecule has 134 valence electrons. The van der Waals surface area contributed by atoms with Crippen molar-refractivity contribution in [2.45, 2.75) is 70.4 Å². The highest BCUT2D eigenvalue weighted by atomic mass is 16.5. The van der Waals surface area contributed by atoms with Gasteiger partial charge in [0.25, 0.3) is 0 Å². The van der Waals surface area contributed by atoms with Gasteiger partial charge < -0.3 is 19.8 Å². The summed E-state index contributed by atoms with van der Waals surface area (Å²) in [6.07, 6.45) is 4.76. The number of urea groups is 1. The first-order valence-corrected chi connectivity index (χ1v) is 8.86. The van der Waals surface area contributed by atoms with Gasteiger partial charge in [-0.3, -0.25) is 0 Å². The second-order valence-corrected chi connectivity index (χ2v) is 8.17. The lowest BCUT2D eigenvalue weighted by Crippen LogP contribution is -2.56. The van der Waals surface area contributed by atoms with Crippen molar-refractivity contribution in [2.75, 3.05) is 13.1 Å². The van der Waals surface area contributed by atoms with Gasteiger partial charge in [-0.15, -0.1) is 0 Å². The first-order valence-electron chi connectivity index (χ1n) is 8.86. The lowest BCUT2D eigenvalue weighted by atomic mass is 9.71. The van der Waals surface area contributed by atoms with Crippen LogP contribution >= 0.6 is 0 Å². The Morgan fingerprint density at radius 3 is 2.92 bits per heavy atom. The number of rotatable bonds is 2. The smallest absolute Gasteiger partial charge is 0.317 e. The van der Waals surface area contributed by atoms with Crippen LogP contribution in [0.1, 0.15) is 64.6 Å². The highest BCUT2D eigenvalue weighted by molar-refractivity contribution is 5.74. The zero-order valence-corrected chi connectivity index (χ0v) is 14.8. The molecule has 2 fully saturated rings. The van der Waals surface area contributed by atoms with Crippen molar-refractivity contribution < 1.29 is 14.4 Å². The second-order valence-electron chi connectivity index (χ2n) is 8.17. The normalized spacial score (nSPS) is 27.7. The average molecular weight is 336 g/mol. The van der Waals surface area contributed by atoms with Crippen molar-refractivity contribution in [2.24, 2.45) is 5.92 Å². The van der Waals surface area contributed by atoms with E-state index in [0.29, 0.717) is 31.2 Å².